The van der Waals surface area contributed by atoms with Gasteiger partial charge in [0, 0.05) is 0 Å². The van der Waals surface area contributed by atoms with E-state index >= 15 is 0 Å². The molecule has 158 valence electrons. The van der Waals surface area contributed by atoms with Gasteiger partial charge in [-0.05, 0) is 103 Å². The maximum Gasteiger partial charge on any atom is -0.00436 e. The molecule has 0 radical (unpaired) electrons. The molecule has 0 heterocycles. The molecule has 3 saturated carbocycles. The summed E-state index contributed by atoms with van der Waals surface area (Å²) in [6.45, 7) is 7.65. The molecule has 0 aromatic carbocycles. The lowest BCUT2D eigenvalue weighted by Crippen LogP contribution is -2.29. The molecule has 3 aliphatic rings. The van der Waals surface area contributed by atoms with E-state index in [9.17, 15) is 0 Å². The first-order valence-electron chi connectivity index (χ1n) is 12.1. The van der Waals surface area contributed by atoms with E-state index in [0.29, 0.717) is 10.8 Å². The SMILES string of the molecule is CC1CCC(C2CCC(C3CCCC3)CC(C)(CS)C2)CC(C)(CCS)C1. The third kappa shape index (κ3) is 5.87. The molecule has 6 atom stereocenters. The summed E-state index contributed by atoms with van der Waals surface area (Å²) in [6.07, 6.45) is 19.0. The van der Waals surface area contributed by atoms with Gasteiger partial charge in [-0.25, -0.2) is 0 Å². The average molecular weight is 411 g/mol. The van der Waals surface area contributed by atoms with Crippen LogP contribution < -0.4 is 0 Å². The monoisotopic (exact) mass is 410 g/mol. The Balaban J connectivity index is 1.74. The predicted octanol–water partition coefficient (Wildman–Crippen LogP) is 8.07. The zero-order valence-corrected chi connectivity index (χ0v) is 20.2. The Hall–Kier alpha value is 0.700. The first-order chi connectivity index (χ1) is 12.9. The standard InChI is InChI=1S/C25H46S2/c1-19-8-9-22(15-24(2,14-19)12-13-26)23-11-10-21(20-6-4-5-7-20)16-25(3,17-23)18-27/h19-23,26-27H,4-18H2,1-3H3. The first kappa shape index (κ1) is 22.4. The summed E-state index contributed by atoms with van der Waals surface area (Å²) in [4.78, 5) is 0. The van der Waals surface area contributed by atoms with Crippen molar-refractivity contribution < 1.29 is 0 Å². The van der Waals surface area contributed by atoms with Gasteiger partial charge in [0.2, 0.25) is 0 Å². The van der Waals surface area contributed by atoms with Crippen LogP contribution in [0, 0.1) is 40.4 Å². The van der Waals surface area contributed by atoms with Crippen molar-refractivity contribution in [3.8, 4) is 0 Å². The van der Waals surface area contributed by atoms with E-state index in [0.717, 1.165) is 41.1 Å². The molecule has 0 amide bonds. The van der Waals surface area contributed by atoms with Gasteiger partial charge in [-0.1, -0.05) is 52.9 Å². The van der Waals surface area contributed by atoms with Gasteiger partial charge in [-0.3, -0.25) is 0 Å². The fourth-order valence-electron chi connectivity index (χ4n) is 7.48. The molecule has 0 spiro atoms. The highest BCUT2D eigenvalue weighted by atomic mass is 32.1. The molecular formula is C25H46S2. The topological polar surface area (TPSA) is 0 Å². The first-order valence-corrected chi connectivity index (χ1v) is 13.3. The minimum Gasteiger partial charge on any atom is -0.179 e. The van der Waals surface area contributed by atoms with E-state index in [-0.39, 0.29) is 0 Å². The maximum absolute atomic E-state index is 4.88. The normalized spacial score (nSPS) is 44.8. The minimum atomic E-state index is 0.468. The van der Waals surface area contributed by atoms with Crippen LogP contribution in [-0.4, -0.2) is 11.5 Å². The molecule has 3 rings (SSSR count). The molecule has 0 aromatic heterocycles. The van der Waals surface area contributed by atoms with Crippen LogP contribution in [0.25, 0.3) is 0 Å². The largest absolute Gasteiger partial charge is 0.179 e. The van der Waals surface area contributed by atoms with Gasteiger partial charge < -0.3 is 0 Å². The quantitative estimate of drug-likeness (QED) is 0.332. The molecule has 3 aliphatic carbocycles. The van der Waals surface area contributed by atoms with Crippen LogP contribution in [0.15, 0.2) is 0 Å². The fourth-order valence-corrected chi connectivity index (χ4v) is 8.28. The highest BCUT2D eigenvalue weighted by molar-refractivity contribution is 7.80. The number of hydrogen-bond donors (Lipinski definition) is 2. The van der Waals surface area contributed by atoms with Gasteiger partial charge in [0.1, 0.15) is 0 Å². The third-order valence-corrected chi connectivity index (χ3v) is 9.86. The van der Waals surface area contributed by atoms with Crippen molar-refractivity contribution in [3.63, 3.8) is 0 Å². The Kier molecular flexibility index (Phi) is 8.02. The Labute approximate surface area is 181 Å². The fraction of sp³-hybridized carbons (Fsp3) is 1.00. The van der Waals surface area contributed by atoms with Crippen molar-refractivity contribution in [2.24, 2.45) is 40.4 Å². The molecule has 0 aliphatic heterocycles. The van der Waals surface area contributed by atoms with Crippen LogP contribution in [0.4, 0.5) is 0 Å². The highest BCUT2D eigenvalue weighted by Gasteiger charge is 2.42. The summed E-state index contributed by atoms with van der Waals surface area (Å²) in [7, 11) is 0. The van der Waals surface area contributed by atoms with Crippen LogP contribution in [-0.2, 0) is 0 Å². The lowest BCUT2D eigenvalue weighted by Gasteiger charge is -2.38. The zero-order chi connectivity index (χ0) is 19.5. The highest BCUT2D eigenvalue weighted by Crippen LogP contribution is 2.52. The van der Waals surface area contributed by atoms with Gasteiger partial charge in [0.15, 0.2) is 0 Å². The summed E-state index contributed by atoms with van der Waals surface area (Å²) in [5, 5.41) is 0. The summed E-state index contributed by atoms with van der Waals surface area (Å²) < 4.78 is 0. The molecule has 27 heavy (non-hydrogen) atoms. The van der Waals surface area contributed by atoms with Crippen molar-refractivity contribution in [1.82, 2.24) is 0 Å². The molecule has 3 fully saturated rings. The minimum absolute atomic E-state index is 0.468. The van der Waals surface area contributed by atoms with E-state index in [2.05, 4.69) is 33.4 Å². The summed E-state index contributed by atoms with van der Waals surface area (Å²) in [5.41, 5.74) is 0.992. The summed E-state index contributed by atoms with van der Waals surface area (Å²) >= 11 is 9.50. The van der Waals surface area contributed by atoms with Gasteiger partial charge >= 0.3 is 0 Å². The lowest BCUT2D eigenvalue weighted by molar-refractivity contribution is 0.145. The number of hydrogen-bond acceptors (Lipinski definition) is 2. The number of rotatable bonds is 5. The van der Waals surface area contributed by atoms with E-state index in [1.807, 2.05) is 0 Å². The van der Waals surface area contributed by atoms with Crippen LogP contribution in [0.1, 0.15) is 104 Å². The average Bonchev–Trinajstić information content (AvgIpc) is 3.03. The number of thiol groups is 2. The molecule has 0 bridgehead atoms. The van der Waals surface area contributed by atoms with Gasteiger partial charge in [-0.2, -0.15) is 25.3 Å². The molecule has 0 nitrogen and oxygen atoms in total. The van der Waals surface area contributed by atoms with Crippen molar-refractivity contribution in [2.75, 3.05) is 11.5 Å². The molecule has 6 unspecified atom stereocenters. The van der Waals surface area contributed by atoms with Crippen LogP contribution in [0.3, 0.4) is 0 Å². The molecule has 2 heteroatoms. The van der Waals surface area contributed by atoms with E-state index in [1.54, 1.807) is 0 Å². The molecule has 0 N–H and O–H groups in total. The molecule has 0 saturated heterocycles. The molecular weight excluding hydrogens is 364 g/mol. The zero-order valence-electron chi connectivity index (χ0n) is 18.4. The van der Waals surface area contributed by atoms with Crippen molar-refractivity contribution in [3.05, 3.63) is 0 Å². The maximum atomic E-state index is 4.88. The van der Waals surface area contributed by atoms with Crippen molar-refractivity contribution >= 4 is 25.3 Å². The lowest BCUT2D eigenvalue weighted by atomic mass is 9.69. The van der Waals surface area contributed by atoms with Gasteiger partial charge in [-0.15, -0.1) is 0 Å². The van der Waals surface area contributed by atoms with Crippen molar-refractivity contribution in [1.29, 1.82) is 0 Å². The van der Waals surface area contributed by atoms with Crippen LogP contribution >= 0.6 is 25.3 Å². The summed E-state index contributed by atoms with van der Waals surface area (Å²) in [6, 6.07) is 0. The Morgan fingerprint density at radius 2 is 1.19 bits per heavy atom. The molecule has 0 aromatic rings. The van der Waals surface area contributed by atoms with Crippen molar-refractivity contribution in [2.45, 2.75) is 104 Å². The summed E-state index contributed by atoms with van der Waals surface area (Å²) in [5.74, 6) is 6.95. The van der Waals surface area contributed by atoms with Crippen LogP contribution in [0.5, 0.6) is 0 Å². The van der Waals surface area contributed by atoms with Gasteiger partial charge in [0.25, 0.3) is 0 Å². The second-order valence-electron chi connectivity index (χ2n) is 11.7. The second kappa shape index (κ2) is 9.67. The Bertz CT molecular complexity index is 457. The smallest absolute Gasteiger partial charge is 0.00436 e. The predicted molar refractivity (Wildman–Crippen MR) is 127 cm³/mol. The van der Waals surface area contributed by atoms with Crippen LogP contribution in [0.2, 0.25) is 0 Å². The van der Waals surface area contributed by atoms with E-state index in [1.165, 1.54) is 83.5 Å². The second-order valence-corrected chi connectivity index (χ2v) is 12.4. The van der Waals surface area contributed by atoms with Gasteiger partial charge in [0.05, 0.1) is 0 Å². The Morgan fingerprint density at radius 3 is 1.74 bits per heavy atom. The van der Waals surface area contributed by atoms with E-state index in [4.69, 9.17) is 12.6 Å². The Morgan fingerprint density at radius 1 is 0.667 bits per heavy atom. The van der Waals surface area contributed by atoms with E-state index < -0.39 is 0 Å². The third-order valence-electron chi connectivity index (χ3n) is 8.87.